The fraction of sp³-hybridized carbons (Fsp3) is 0.593. The van der Waals surface area contributed by atoms with Crippen LogP contribution in [0.1, 0.15) is 45.8 Å². The van der Waals surface area contributed by atoms with E-state index >= 15 is 0 Å². The molecular weight excluding hydrogens is 883 g/mol. The van der Waals surface area contributed by atoms with Crippen LogP contribution >= 0.6 is 23.5 Å². The minimum absolute atomic E-state index is 0.0305. The smallest absolute Gasteiger partial charge is 0.314 e. The Morgan fingerprint density at radius 1 is 0.917 bits per heavy atom. The van der Waals surface area contributed by atoms with E-state index in [1.807, 2.05) is 0 Å². The van der Waals surface area contributed by atoms with Gasteiger partial charge in [0.25, 0.3) is 15.6 Å². The molecule has 0 aliphatic carbocycles. The summed E-state index contributed by atoms with van der Waals surface area (Å²) in [6.07, 6.45) is -9.60. The molecule has 30 nitrogen and oxygen atoms in total. The van der Waals surface area contributed by atoms with E-state index in [1.54, 1.807) is 0 Å². The molecule has 33 heteroatoms. The number of nitrogens with zero attached hydrogens (tertiary/aromatic N) is 4. The van der Waals surface area contributed by atoms with E-state index in [0.717, 1.165) is 31.1 Å². The fourth-order valence-electron chi connectivity index (χ4n) is 4.64. The van der Waals surface area contributed by atoms with Crippen molar-refractivity contribution in [3.05, 3.63) is 12.7 Å². The summed E-state index contributed by atoms with van der Waals surface area (Å²) in [5.41, 5.74) is 3.98. The third kappa shape index (κ3) is 17.3. The van der Waals surface area contributed by atoms with Crippen LogP contribution in [0.2, 0.25) is 0 Å². The van der Waals surface area contributed by atoms with Crippen LogP contribution in [0, 0.1) is 5.41 Å². The molecule has 0 radical (unpaired) electrons. The number of phosphoric ester groups is 3. The molecule has 9 N–H and O–H groups in total. The Labute approximate surface area is 336 Å². The van der Waals surface area contributed by atoms with E-state index in [9.17, 15) is 72.2 Å². The van der Waals surface area contributed by atoms with Crippen molar-refractivity contribution < 1.29 is 110 Å². The minimum atomic E-state index is -5.93. The van der Waals surface area contributed by atoms with Crippen molar-refractivity contribution in [2.45, 2.75) is 70.2 Å². The zero-order valence-corrected chi connectivity index (χ0v) is 33.7. The van der Waals surface area contributed by atoms with Gasteiger partial charge in [0.15, 0.2) is 17.7 Å². The molecule has 2 aromatic heterocycles. The Hall–Kier alpha value is -4.38. The number of amides is 2. The highest BCUT2D eigenvalue weighted by molar-refractivity contribution is 7.59. The van der Waals surface area contributed by atoms with Gasteiger partial charge in [-0.05, 0) is 0 Å². The lowest BCUT2D eigenvalue weighted by Gasteiger charge is -2.36. The summed E-state index contributed by atoms with van der Waals surface area (Å²) in [6.45, 7) is -0.497. The van der Waals surface area contributed by atoms with Crippen molar-refractivity contribution in [2.75, 3.05) is 32.0 Å². The number of ketones is 1. The fourth-order valence-corrected chi connectivity index (χ4v) is 7.38. The molecule has 1 aliphatic rings. The number of fused-ring (bicyclic) bond motifs is 1. The number of nitrogen functional groups attached to an aromatic ring is 1. The zero-order valence-electron chi connectivity index (χ0n) is 31.0. The number of aromatic nitrogens is 4. The number of carboxylic acid groups (broad SMARTS) is 3. The van der Waals surface area contributed by atoms with Gasteiger partial charge in [0.05, 0.1) is 27.4 Å². The van der Waals surface area contributed by atoms with Crippen LogP contribution in [0.25, 0.3) is 11.2 Å². The minimum Gasteiger partial charge on any atom is -0.790 e. The van der Waals surface area contributed by atoms with Crippen molar-refractivity contribution in [1.29, 1.82) is 0 Å². The molecule has 60 heavy (non-hydrogen) atoms. The van der Waals surface area contributed by atoms with Gasteiger partial charge >= 0.3 is 17.9 Å². The van der Waals surface area contributed by atoms with Gasteiger partial charge < -0.3 is 84.3 Å². The average Bonchev–Trinajstić information content (AvgIpc) is 3.65. The molecule has 7 atom stereocenters. The number of aliphatic carboxylic acids is 3. The third-order valence-corrected chi connectivity index (χ3v) is 10.4. The maximum absolute atomic E-state index is 12.4. The molecule has 1 fully saturated rings. The van der Waals surface area contributed by atoms with Gasteiger partial charge in [0.1, 0.15) is 54.9 Å². The predicted molar refractivity (Wildman–Crippen MR) is 183 cm³/mol. The van der Waals surface area contributed by atoms with Gasteiger partial charge in [0.2, 0.25) is 11.8 Å². The molecule has 2 aromatic rings. The molecule has 0 spiro atoms. The summed E-state index contributed by atoms with van der Waals surface area (Å²) in [5.74, 6) is -6.36. The van der Waals surface area contributed by atoms with E-state index in [0.29, 0.717) is 0 Å². The Kier molecular flexibility index (Phi) is 18.9. The quantitative estimate of drug-likeness (QED) is 0.0382. The lowest BCUT2D eigenvalue weighted by molar-refractivity contribution is -0.347. The molecule has 3 heterocycles. The number of aliphatic hydroxyl groups is 2. The maximum atomic E-state index is 12.4. The number of aliphatic hydroxyl groups excluding tert-OH is 2. The SMILES string of the molecule is CC(C)(COP(=O)([O-])OP(=O)([O-])OCC1OC(n2cnc3c(N)ncnc32)C(O)C1OP(=O)([O-])[O-])C(O)C(=O)NCCC(=O)NCCC(=O)CC(=O)O.O=C(O)CC(=O)O. The molecule has 0 saturated carbocycles. The Balaban J connectivity index is 0.00000162. The number of anilines is 1. The summed E-state index contributed by atoms with van der Waals surface area (Å²) in [7, 11) is -17.6. The van der Waals surface area contributed by atoms with E-state index in [4.69, 9.17) is 25.8 Å². The van der Waals surface area contributed by atoms with Gasteiger partial charge in [-0.25, -0.2) is 19.3 Å². The van der Waals surface area contributed by atoms with Crippen molar-refractivity contribution in [3.63, 3.8) is 0 Å². The van der Waals surface area contributed by atoms with Crippen LogP contribution < -0.4 is 35.9 Å². The molecule has 3 rings (SSSR count). The first-order chi connectivity index (χ1) is 27.5. The van der Waals surface area contributed by atoms with Gasteiger partial charge in [-0.2, -0.15) is 0 Å². The largest absolute Gasteiger partial charge is 0.790 e. The number of carbonyl (C=O) groups excluding carboxylic acids is 3. The van der Waals surface area contributed by atoms with Gasteiger partial charge in [-0.1, -0.05) is 13.8 Å². The summed E-state index contributed by atoms with van der Waals surface area (Å²) < 4.78 is 60.1. The normalized spacial score (nSPS) is 20.5. The third-order valence-electron chi connectivity index (χ3n) is 7.43. The second-order valence-corrected chi connectivity index (χ2v) is 16.9. The number of hydrogen-bond acceptors (Lipinski definition) is 24. The van der Waals surface area contributed by atoms with Crippen LogP contribution in [-0.4, -0.2) is 131 Å². The molecule has 338 valence electrons. The summed E-state index contributed by atoms with van der Waals surface area (Å²) in [6, 6.07) is 0. The van der Waals surface area contributed by atoms with Crippen LogP contribution in [0.4, 0.5) is 5.82 Å². The van der Waals surface area contributed by atoms with Crippen molar-refractivity contribution >= 4 is 76.0 Å². The zero-order chi connectivity index (χ0) is 45.8. The molecule has 0 aromatic carbocycles. The van der Waals surface area contributed by atoms with Gasteiger partial charge in [-0.15, -0.1) is 0 Å². The van der Waals surface area contributed by atoms with Crippen molar-refractivity contribution in [3.8, 4) is 0 Å². The highest BCUT2D eigenvalue weighted by Crippen LogP contribution is 2.56. The van der Waals surface area contributed by atoms with Crippen molar-refractivity contribution in [2.24, 2.45) is 5.41 Å². The first-order valence-electron chi connectivity index (χ1n) is 16.5. The molecule has 0 bridgehead atoms. The molecule has 2 amide bonds. The number of rotatable bonds is 23. The number of ether oxygens (including phenoxy) is 1. The summed E-state index contributed by atoms with van der Waals surface area (Å²) in [4.78, 5) is 124. The average molecular weight is 922 g/mol. The Morgan fingerprint density at radius 2 is 1.50 bits per heavy atom. The van der Waals surface area contributed by atoms with Crippen molar-refractivity contribution in [1.82, 2.24) is 30.2 Å². The van der Waals surface area contributed by atoms with E-state index in [2.05, 4.69) is 43.5 Å². The summed E-state index contributed by atoms with van der Waals surface area (Å²) >= 11 is 0. The van der Waals surface area contributed by atoms with Crippen LogP contribution in [0.5, 0.6) is 0 Å². The molecular formula is C27H38N7O23P3-4. The number of phosphoric acid groups is 3. The number of Topliss-reactive ketones (excluding diaryl/α,β-unsaturated/α-hetero) is 1. The second kappa shape index (κ2) is 21.9. The molecule has 1 aliphatic heterocycles. The van der Waals surface area contributed by atoms with Crippen LogP contribution in [0.3, 0.4) is 0 Å². The van der Waals surface area contributed by atoms with E-state index < -0.39 is 121 Å². The standard InChI is InChI=1S/C24H38N7O19P3.C3H4O4/c1-24(2,19(37)22(38)27-6-4-14(33)26-5-3-12(32)7-15(34)35)9-47-53(44,45)50-52(42,43)46-8-13-18(49-51(39,40)41)17(36)23(48-13)31-11-30-16-20(25)28-10-29-21(16)31;4-2(5)1-3(6)7/h10-11,13,17-19,23,36-37H,3-9H2,1-2H3,(H,26,33)(H,27,38)(H,34,35)(H,42,43)(H,44,45)(H2,25,28,29)(H2,39,40,41);1H2,(H,4,5)(H,6,7)/p-4. The van der Waals surface area contributed by atoms with Crippen LogP contribution in [0.15, 0.2) is 12.7 Å². The number of imidazole rings is 1. The lowest BCUT2D eigenvalue weighted by atomic mass is 9.87. The number of hydrogen-bond donors (Lipinski definition) is 8. The number of nitrogens with two attached hydrogens (primary N) is 1. The topological polar surface area (TPSA) is 487 Å². The molecule has 7 unspecified atom stereocenters. The first kappa shape index (κ1) is 51.8. The van der Waals surface area contributed by atoms with Gasteiger partial charge in [-0.3, -0.25) is 42.5 Å². The predicted octanol–water partition coefficient (Wildman–Crippen LogP) is -5.14. The van der Waals surface area contributed by atoms with E-state index in [-0.39, 0.29) is 42.9 Å². The lowest BCUT2D eigenvalue weighted by Crippen LogP contribution is -2.46. The number of carbonyl (C=O) groups is 6. The summed E-state index contributed by atoms with van der Waals surface area (Å²) in [5, 5.41) is 49.7. The first-order valence-corrected chi connectivity index (χ1v) is 20.9. The van der Waals surface area contributed by atoms with E-state index in [1.165, 1.54) is 0 Å². The monoisotopic (exact) mass is 921 g/mol. The highest BCUT2D eigenvalue weighted by Gasteiger charge is 2.47. The maximum Gasteiger partial charge on any atom is 0.314 e. The van der Waals surface area contributed by atoms with Crippen LogP contribution in [-0.2, 0) is 65.1 Å². The Bertz CT molecular complexity index is 2010. The number of nitrogens with one attached hydrogen (secondary N) is 2. The highest BCUT2D eigenvalue weighted by atomic mass is 31.3. The number of carboxylic acids is 3. The second-order valence-electron chi connectivity index (χ2n) is 12.8. The van der Waals surface area contributed by atoms with Gasteiger partial charge in [0, 0.05) is 31.3 Å². The Morgan fingerprint density at radius 3 is 2.07 bits per heavy atom. The molecule has 1 saturated heterocycles.